The summed E-state index contributed by atoms with van der Waals surface area (Å²) in [4.78, 5) is 16.8. The van der Waals surface area contributed by atoms with Gasteiger partial charge in [-0.05, 0) is 17.0 Å². The van der Waals surface area contributed by atoms with Crippen LogP contribution in [-0.2, 0) is 17.8 Å². The molecule has 1 N–H and O–H groups in total. The second-order valence-electron chi connectivity index (χ2n) is 3.74. The number of ether oxygens (including phenoxy) is 1. The lowest BCUT2D eigenvalue weighted by molar-refractivity contribution is -0.120. The SMILES string of the molecule is COc1ccc(CNC(=O)Cc2cccs2)cn1. The Kier molecular flexibility index (Phi) is 4.30. The average molecular weight is 262 g/mol. The molecule has 0 aromatic carbocycles. The van der Waals surface area contributed by atoms with E-state index < -0.39 is 0 Å². The summed E-state index contributed by atoms with van der Waals surface area (Å²) in [5.74, 6) is 0.594. The number of pyridine rings is 1. The van der Waals surface area contributed by atoms with Crippen molar-refractivity contribution in [3.63, 3.8) is 0 Å². The topological polar surface area (TPSA) is 51.2 Å². The van der Waals surface area contributed by atoms with E-state index in [1.165, 1.54) is 0 Å². The molecule has 0 spiro atoms. The second-order valence-corrected chi connectivity index (χ2v) is 4.77. The Morgan fingerprint density at radius 2 is 2.33 bits per heavy atom. The molecule has 4 nitrogen and oxygen atoms in total. The standard InChI is InChI=1S/C13H14N2O2S/c1-17-13-5-4-10(9-15-13)8-14-12(16)7-11-3-2-6-18-11/h2-6,9H,7-8H2,1H3,(H,14,16). The van der Waals surface area contributed by atoms with E-state index in [-0.39, 0.29) is 5.91 Å². The summed E-state index contributed by atoms with van der Waals surface area (Å²) in [6.07, 6.45) is 2.13. The highest BCUT2D eigenvalue weighted by Crippen LogP contribution is 2.09. The molecule has 2 rings (SSSR count). The predicted molar refractivity (Wildman–Crippen MR) is 70.7 cm³/mol. The molecule has 0 aliphatic heterocycles. The molecule has 0 bridgehead atoms. The van der Waals surface area contributed by atoms with Crippen molar-refractivity contribution >= 4 is 17.2 Å². The Morgan fingerprint density at radius 3 is 2.94 bits per heavy atom. The van der Waals surface area contributed by atoms with Crippen LogP contribution in [0, 0.1) is 0 Å². The van der Waals surface area contributed by atoms with Crippen molar-refractivity contribution in [3.05, 3.63) is 46.3 Å². The largest absolute Gasteiger partial charge is 0.481 e. The number of aromatic nitrogens is 1. The molecule has 0 fully saturated rings. The van der Waals surface area contributed by atoms with Crippen molar-refractivity contribution in [1.29, 1.82) is 0 Å². The van der Waals surface area contributed by atoms with Crippen LogP contribution in [0.4, 0.5) is 0 Å². The number of nitrogens with one attached hydrogen (secondary N) is 1. The highest BCUT2D eigenvalue weighted by Gasteiger charge is 2.04. The lowest BCUT2D eigenvalue weighted by Gasteiger charge is -2.05. The van der Waals surface area contributed by atoms with Gasteiger partial charge in [-0.25, -0.2) is 4.98 Å². The molecule has 2 aromatic heterocycles. The number of carbonyl (C=O) groups is 1. The van der Waals surface area contributed by atoms with Gasteiger partial charge in [-0.1, -0.05) is 12.1 Å². The van der Waals surface area contributed by atoms with E-state index in [2.05, 4.69) is 10.3 Å². The summed E-state index contributed by atoms with van der Waals surface area (Å²) in [7, 11) is 1.57. The van der Waals surface area contributed by atoms with Gasteiger partial charge in [-0.2, -0.15) is 0 Å². The van der Waals surface area contributed by atoms with Crippen LogP contribution < -0.4 is 10.1 Å². The first-order valence-corrected chi connectivity index (χ1v) is 6.44. The van der Waals surface area contributed by atoms with Gasteiger partial charge in [0, 0.05) is 23.7 Å². The molecule has 2 heterocycles. The number of carbonyl (C=O) groups excluding carboxylic acids is 1. The number of methoxy groups -OCH3 is 1. The molecule has 0 saturated heterocycles. The summed E-state index contributed by atoms with van der Waals surface area (Å²) < 4.78 is 4.97. The Bertz CT molecular complexity index is 494. The molecular weight excluding hydrogens is 248 g/mol. The molecule has 5 heteroatoms. The van der Waals surface area contributed by atoms with Gasteiger partial charge < -0.3 is 10.1 Å². The van der Waals surface area contributed by atoms with Gasteiger partial charge in [-0.3, -0.25) is 4.79 Å². The monoisotopic (exact) mass is 262 g/mol. The maximum atomic E-state index is 11.7. The summed E-state index contributed by atoms with van der Waals surface area (Å²) in [6, 6.07) is 7.57. The fraction of sp³-hybridized carbons (Fsp3) is 0.231. The van der Waals surface area contributed by atoms with Crippen LogP contribution in [-0.4, -0.2) is 18.0 Å². The first kappa shape index (κ1) is 12.6. The van der Waals surface area contributed by atoms with Crippen LogP contribution in [0.25, 0.3) is 0 Å². The Labute approximate surface area is 110 Å². The smallest absolute Gasteiger partial charge is 0.225 e. The first-order chi connectivity index (χ1) is 8.78. The van der Waals surface area contributed by atoms with E-state index in [0.717, 1.165) is 10.4 Å². The summed E-state index contributed by atoms with van der Waals surface area (Å²) in [6.45, 7) is 0.487. The van der Waals surface area contributed by atoms with Crippen molar-refractivity contribution in [2.24, 2.45) is 0 Å². The molecule has 0 radical (unpaired) electrons. The molecule has 2 aromatic rings. The average Bonchev–Trinajstić information content (AvgIpc) is 2.90. The molecule has 0 aliphatic carbocycles. The molecule has 0 saturated carbocycles. The maximum absolute atomic E-state index is 11.7. The van der Waals surface area contributed by atoms with Crippen molar-refractivity contribution in [2.45, 2.75) is 13.0 Å². The number of thiophene rings is 1. The van der Waals surface area contributed by atoms with E-state index in [4.69, 9.17) is 4.74 Å². The third kappa shape index (κ3) is 3.56. The lowest BCUT2D eigenvalue weighted by Crippen LogP contribution is -2.24. The predicted octanol–water partition coefficient (Wildman–Crippen LogP) is 2.01. The Hall–Kier alpha value is -1.88. The van der Waals surface area contributed by atoms with Crippen LogP contribution in [0.5, 0.6) is 5.88 Å². The van der Waals surface area contributed by atoms with E-state index in [1.807, 2.05) is 23.6 Å². The van der Waals surface area contributed by atoms with Gasteiger partial charge in [0.25, 0.3) is 0 Å². The molecule has 0 unspecified atom stereocenters. The molecule has 0 atom stereocenters. The third-order valence-corrected chi connectivity index (χ3v) is 3.29. The Balaban J connectivity index is 1.81. The zero-order valence-corrected chi connectivity index (χ0v) is 10.9. The lowest BCUT2D eigenvalue weighted by atomic mass is 10.2. The fourth-order valence-corrected chi connectivity index (χ4v) is 2.17. The van der Waals surface area contributed by atoms with Crippen molar-refractivity contribution in [1.82, 2.24) is 10.3 Å². The van der Waals surface area contributed by atoms with Gasteiger partial charge in [0.2, 0.25) is 11.8 Å². The Morgan fingerprint density at radius 1 is 1.44 bits per heavy atom. The normalized spacial score (nSPS) is 10.1. The molecular formula is C13H14N2O2S. The zero-order valence-electron chi connectivity index (χ0n) is 10.1. The van der Waals surface area contributed by atoms with E-state index in [0.29, 0.717) is 18.8 Å². The quantitative estimate of drug-likeness (QED) is 0.896. The number of amides is 1. The summed E-state index contributed by atoms with van der Waals surface area (Å²) in [5.41, 5.74) is 0.954. The number of rotatable bonds is 5. The molecule has 1 amide bonds. The van der Waals surface area contributed by atoms with Crippen molar-refractivity contribution in [3.8, 4) is 5.88 Å². The molecule has 0 aliphatic rings. The number of hydrogen-bond donors (Lipinski definition) is 1. The summed E-state index contributed by atoms with van der Waals surface area (Å²) in [5, 5.41) is 4.83. The van der Waals surface area contributed by atoms with Gasteiger partial charge in [0.05, 0.1) is 13.5 Å². The highest BCUT2D eigenvalue weighted by atomic mass is 32.1. The summed E-state index contributed by atoms with van der Waals surface area (Å²) >= 11 is 1.59. The molecule has 18 heavy (non-hydrogen) atoms. The van der Waals surface area contributed by atoms with Crippen LogP contribution in [0.1, 0.15) is 10.4 Å². The van der Waals surface area contributed by atoms with Crippen LogP contribution in [0.3, 0.4) is 0 Å². The van der Waals surface area contributed by atoms with Crippen molar-refractivity contribution in [2.75, 3.05) is 7.11 Å². The minimum atomic E-state index is 0.0215. The number of hydrogen-bond acceptors (Lipinski definition) is 4. The minimum Gasteiger partial charge on any atom is -0.481 e. The minimum absolute atomic E-state index is 0.0215. The van der Waals surface area contributed by atoms with E-state index in [1.54, 1.807) is 30.7 Å². The first-order valence-electron chi connectivity index (χ1n) is 5.56. The van der Waals surface area contributed by atoms with Crippen LogP contribution in [0.2, 0.25) is 0 Å². The van der Waals surface area contributed by atoms with Crippen LogP contribution in [0.15, 0.2) is 35.8 Å². The van der Waals surface area contributed by atoms with Gasteiger partial charge in [0.1, 0.15) is 0 Å². The highest BCUT2D eigenvalue weighted by molar-refractivity contribution is 7.10. The van der Waals surface area contributed by atoms with Gasteiger partial charge in [0.15, 0.2) is 0 Å². The molecule has 94 valence electrons. The van der Waals surface area contributed by atoms with Gasteiger partial charge >= 0.3 is 0 Å². The van der Waals surface area contributed by atoms with Crippen molar-refractivity contribution < 1.29 is 9.53 Å². The third-order valence-electron chi connectivity index (χ3n) is 2.41. The van der Waals surface area contributed by atoms with E-state index >= 15 is 0 Å². The fourth-order valence-electron chi connectivity index (χ4n) is 1.47. The van der Waals surface area contributed by atoms with Crippen LogP contribution >= 0.6 is 11.3 Å². The van der Waals surface area contributed by atoms with Gasteiger partial charge in [-0.15, -0.1) is 11.3 Å². The number of nitrogens with zero attached hydrogens (tertiary/aromatic N) is 1. The maximum Gasteiger partial charge on any atom is 0.225 e. The second kappa shape index (κ2) is 6.16. The zero-order chi connectivity index (χ0) is 12.8. The van der Waals surface area contributed by atoms with E-state index in [9.17, 15) is 4.79 Å².